The fraction of sp³-hybridized carbons (Fsp3) is 0.143. The molecule has 0 bridgehead atoms. The highest BCUT2D eigenvalue weighted by molar-refractivity contribution is 6.15. The van der Waals surface area contributed by atoms with E-state index in [0.717, 1.165) is 49.9 Å². The van der Waals surface area contributed by atoms with Gasteiger partial charge >= 0.3 is 0 Å². The van der Waals surface area contributed by atoms with E-state index in [0.29, 0.717) is 5.56 Å². The Balaban J connectivity index is 1.96. The Morgan fingerprint density at radius 1 is 0.871 bits per heavy atom. The van der Waals surface area contributed by atoms with Crippen molar-refractivity contribution in [3.63, 3.8) is 0 Å². The van der Waals surface area contributed by atoms with Gasteiger partial charge in [-0.2, -0.15) is 9.83 Å². The molecule has 0 saturated carbocycles. The highest BCUT2D eigenvalue weighted by Gasteiger charge is 2.25. The van der Waals surface area contributed by atoms with Crippen LogP contribution < -0.4 is 4.57 Å². The molecule has 3 aromatic carbocycles. The third-order valence-electron chi connectivity index (χ3n) is 6.12. The Labute approximate surface area is 181 Å². The van der Waals surface area contributed by atoms with Crippen molar-refractivity contribution in [3.8, 4) is 28.5 Å². The average molecular weight is 404 g/mol. The molecular weight excluding hydrogens is 380 g/mol. The molecule has 5 rings (SSSR count). The van der Waals surface area contributed by atoms with E-state index < -0.39 is 0 Å². The van der Waals surface area contributed by atoms with Crippen molar-refractivity contribution >= 4 is 21.9 Å². The SMILES string of the molecule is Cc1cc(C)[n+](C)c(-c2c(C)cc(C#N)c3c2oc2c(-c4ccccc4)cccc23)c1. The van der Waals surface area contributed by atoms with Gasteiger partial charge < -0.3 is 4.42 Å². The number of aryl methyl sites for hydroxylation is 3. The molecule has 150 valence electrons. The second kappa shape index (κ2) is 7.11. The summed E-state index contributed by atoms with van der Waals surface area (Å²) in [7, 11) is 2.08. The lowest BCUT2D eigenvalue weighted by atomic mass is 9.95. The first-order valence-corrected chi connectivity index (χ1v) is 10.4. The van der Waals surface area contributed by atoms with Gasteiger partial charge in [0, 0.05) is 35.4 Å². The van der Waals surface area contributed by atoms with Crippen LogP contribution in [0.15, 0.2) is 71.1 Å². The number of nitrogens with zero attached hydrogens (tertiary/aromatic N) is 2. The van der Waals surface area contributed by atoms with Gasteiger partial charge in [-0.25, -0.2) is 0 Å². The van der Waals surface area contributed by atoms with Crippen molar-refractivity contribution in [3.05, 3.63) is 89.1 Å². The van der Waals surface area contributed by atoms with Gasteiger partial charge in [-0.15, -0.1) is 0 Å². The number of para-hydroxylation sites is 1. The lowest BCUT2D eigenvalue weighted by Crippen LogP contribution is -2.35. The number of benzene rings is 3. The molecule has 0 fully saturated rings. The van der Waals surface area contributed by atoms with Gasteiger partial charge in [0.15, 0.2) is 11.3 Å². The third-order valence-corrected chi connectivity index (χ3v) is 6.12. The first kappa shape index (κ1) is 19.1. The smallest absolute Gasteiger partial charge is 0.216 e. The molecule has 0 spiro atoms. The second-order valence-electron chi connectivity index (χ2n) is 8.20. The minimum absolute atomic E-state index is 0.646. The van der Waals surface area contributed by atoms with Crippen molar-refractivity contribution < 1.29 is 8.98 Å². The summed E-state index contributed by atoms with van der Waals surface area (Å²) in [6, 6.07) is 25.2. The number of hydrogen-bond acceptors (Lipinski definition) is 2. The number of pyridine rings is 1. The summed E-state index contributed by atoms with van der Waals surface area (Å²) in [5, 5.41) is 11.8. The average Bonchev–Trinajstić information content (AvgIpc) is 3.16. The summed E-state index contributed by atoms with van der Waals surface area (Å²) in [6.45, 7) is 6.27. The highest BCUT2D eigenvalue weighted by atomic mass is 16.3. The molecule has 0 unspecified atom stereocenters. The van der Waals surface area contributed by atoms with Crippen LogP contribution in [0.25, 0.3) is 44.3 Å². The predicted molar refractivity (Wildman–Crippen MR) is 125 cm³/mol. The summed E-state index contributed by atoms with van der Waals surface area (Å²) in [5.41, 5.74) is 9.90. The van der Waals surface area contributed by atoms with Gasteiger partial charge in [0.25, 0.3) is 0 Å². The van der Waals surface area contributed by atoms with Crippen molar-refractivity contribution in [2.24, 2.45) is 7.05 Å². The predicted octanol–water partition coefficient (Wildman–Crippen LogP) is 6.54. The van der Waals surface area contributed by atoms with Gasteiger partial charge in [-0.05, 0) is 36.6 Å². The van der Waals surface area contributed by atoms with Crippen LogP contribution in [-0.4, -0.2) is 0 Å². The Morgan fingerprint density at radius 2 is 1.65 bits per heavy atom. The first-order valence-electron chi connectivity index (χ1n) is 10.4. The Kier molecular flexibility index (Phi) is 4.38. The maximum absolute atomic E-state index is 9.93. The Hall–Kier alpha value is -3.90. The van der Waals surface area contributed by atoms with Gasteiger partial charge in [0.05, 0.1) is 17.2 Å². The summed E-state index contributed by atoms with van der Waals surface area (Å²) in [6.07, 6.45) is 0. The van der Waals surface area contributed by atoms with E-state index in [-0.39, 0.29) is 0 Å². The lowest BCUT2D eigenvalue weighted by molar-refractivity contribution is -0.666. The quantitative estimate of drug-likeness (QED) is 0.314. The number of furan rings is 1. The summed E-state index contributed by atoms with van der Waals surface area (Å²) >= 11 is 0. The molecule has 0 aliphatic heterocycles. The number of rotatable bonds is 2. The molecule has 0 amide bonds. The fourth-order valence-corrected chi connectivity index (χ4v) is 4.56. The van der Waals surface area contributed by atoms with Crippen molar-refractivity contribution in [1.29, 1.82) is 5.26 Å². The monoisotopic (exact) mass is 403 g/mol. The molecular formula is C28H23N2O+. The summed E-state index contributed by atoms with van der Waals surface area (Å²) in [5.74, 6) is 0. The van der Waals surface area contributed by atoms with Gasteiger partial charge in [0.1, 0.15) is 12.6 Å². The number of aromatic nitrogens is 1. The minimum atomic E-state index is 0.646. The second-order valence-corrected chi connectivity index (χ2v) is 8.20. The van der Waals surface area contributed by atoms with Crippen molar-refractivity contribution in [1.82, 2.24) is 0 Å². The van der Waals surface area contributed by atoms with E-state index in [1.54, 1.807) is 0 Å². The van der Waals surface area contributed by atoms with Gasteiger partial charge in [0.2, 0.25) is 5.69 Å². The molecule has 3 heteroatoms. The molecule has 0 atom stereocenters. The molecule has 0 aliphatic rings. The number of nitriles is 1. The zero-order valence-electron chi connectivity index (χ0n) is 18.2. The largest absolute Gasteiger partial charge is 0.454 e. The normalized spacial score (nSPS) is 11.2. The summed E-state index contributed by atoms with van der Waals surface area (Å²) in [4.78, 5) is 0. The first-order chi connectivity index (χ1) is 15.0. The molecule has 5 aromatic rings. The standard InChI is InChI=1S/C28H23N2O/c1-17-13-19(3)30(4)24(14-17)25-18(2)15-21(16-29)26-23-12-8-11-22(27(23)31-28(25)26)20-9-6-5-7-10-20/h5-15H,1-4H3/q+1. The number of fused-ring (bicyclic) bond motifs is 3. The minimum Gasteiger partial charge on any atom is -0.454 e. The molecule has 3 nitrogen and oxygen atoms in total. The molecule has 2 heterocycles. The van der Waals surface area contributed by atoms with Gasteiger partial charge in [-0.3, -0.25) is 0 Å². The van der Waals surface area contributed by atoms with Crippen LogP contribution in [0.3, 0.4) is 0 Å². The zero-order valence-corrected chi connectivity index (χ0v) is 18.2. The van der Waals surface area contributed by atoms with E-state index in [1.165, 1.54) is 11.3 Å². The van der Waals surface area contributed by atoms with Crippen LogP contribution in [0.5, 0.6) is 0 Å². The fourth-order valence-electron chi connectivity index (χ4n) is 4.56. The van der Waals surface area contributed by atoms with Gasteiger partial charge in [-0.1, -0.05) is 48.5 Å². The summed E-state index contributed by atoms with van der Waals surface area (Å²) < 4.78 is 8.80. The topological polar surface area (TPSA) is 40.8 Å². The van der Waals surface area contributed by atoms with Crippen LogP contribution in [0.4, 0.5) is 0 Å². The van der Waals surface area contributed by atoms with E-state index in [1.807, 2.05) is 30.3 Å². The van der Waals surface area contributed by atoms with Crippen LogP contribution in [0.2, 0.25) is 0 Å². The van der Waals surface area contributed by atoms with E-state index in [2.05, 4.69) is 74.9 Å². The van der Waals surface area contributed by atoms with Crippen molar-refractivity contribution in [2.75, 3.05) is 0 Å². The van der Waals surface area contributed by atoms with Crippen LogP contribution in [0, 0.1) is 32.1 Å². The molecule has 0 radical (unpaired) electrons. The molecule has 2 aromatic heterocycles. The molecule has 0 N–H and O–H groups in total. The lowest BCUT2D eigenvalue weighted by Gasteiger charge is -2.09. The van der Waals surface area contributed by atoms with Crippen LogP contribution >= 0.6 is 0 Å². The third kappa shape index (κ3) is 2.92. The maximum Gasteiger partial charge on any atom is 0.216 e. The van der Waals surface area contributed by atoms with E-state index in [9.17, 15) is 5.26 Å². The van der Waals surface area contributed by atoms with Crippen LogP contribution in [0.1, 0.15) is 22.4 Å². The van der Waals surface area contributed by atoms with Crippen LogP contribution in [-0.2, 0) is 7.05 Å². The van der Waals surface area contributed by atoms with Crippen molar-refractivity contribution in [2.45, 2.75) is 20.8 Å². The maximum atomic E-state index is 9.93. The number of hydrogen-bond donors (Lipinski definition) is 0. The zero-order chi connectivity index (χ0) is 21.7. The highest BCUT2D eigenvalue weighted by Crippen LogP contribution is 2.42. The van der Waals surface area contributed by atoms with E-state index >= 15 is 0 Å². The molecule has 0 aliphatic carbocycles. The van der Waals surface area contributed by atoms with E-state index in [4.69, 9.17) is 4.42 Å². The molecule has 31 heavy (non-hydrogen) atoms. The Morgan fingerprint density at radius 3 is 2.39 bits per heavy atom. The Bertz CT molecular complexity index is 1520. The molecule has 0 saturated heterocycles.